The van der Waals surface area contributed by atoms with Gasteiger partial charge in [0.05, 0.1) is 38.1 Å². The summed E-state index contributed by atoms with van der Waals surface area (Å²) in [7, 11) is 3.65. The lowest BCUT2D eigenvalue weighted by atomic mass is 9.90. The molecule has 2 heterocycles. The second kappa shape index (κ2) is 9.51. The summed E-state index contributed by atoms with van der Waals surface area (Å²) < 4.78 is 16.2. The van der Waals surface area contributed by atoms with E-state index in [-0.39, 0.29) is 11.3 Å². The fourth-order valence-electron chi connectivity index (χ4n) is 3.80. The maximum atomic E-state index is 10.2. The van der Waals surface area contributed by atoms with Gasteiger partial charge in [0, 0.05) is 37.2 Å². The second-order valence-corrected chi connectivity index (χ2v) is 8.24. The summed E-state index contributed by atoms with van der Waals surface area (Å²) in [6.45, 7) is 3.27. The Morgan fingerprint density at radius 3 is 2.61 bits per heavy atom. The Kier molecular flexibility index (Phi) is 6.56. The Hall–Kier alpha value is -2.87. The van der Waals surface area contributed by atoms with Gasteiger partial charge in [0.25, 0.3) is 0 Å². The van der Waals surface area contributed by atoms with Crippen molar-refractivity contribution in [2.75, 3.05) is 27.4 Å². The molecule has 1 saturated heterocycles. The first kappa shape index (κ1) is 21.4. The minimum Gasteiger partial charge on any atom is -0.507 e. The van der Waals surface area contributed by atoms with E-state index in [2.05, 4.69) is 46.7 Å². The number of nitrogens with zero attached hydrogens (tertiary/aromatic N) is 2. The van der Waals surface area contributed by atoms with Crippen LogP contribution in [0.1, 0.15) is 22.6 Å². The van der Waals surface area contributed by atoms with Crippen LogP contribution in [-0.2, 0) is 30.8 Å². The minimum absolute atomic E-state index is 0.212. The van der Waals surface area contributed by atoms with Crippen LogP contribution in [-0.4, -0.2) is 48.1 Å². The molecule has 31 heavy (non-hydrogen) atoms. The summed E-state index contributed by atoms with van der Waals surface area (Å²) in [5.74, 6) is 1.69. The van der Waals surface area contributed by atoms with Gasteiger partial charge in [-0.25, -0.2) is 0 Å². The Morgan fingerprint density at radius 2 is 1.94 bits per heavy atom. The lowest BCUT2D eigenvalue weighted by Gasteiger charge is -2.42. The Bertz CT molecular complexity index is 985. The summed E-state index contributed by atoms with van der Waals surface area (Å²) in [5.41, 5.74) is 2.77. The number of rotatable bonds is 10. The number of phenols is 1. The number of aromatic hydroxyl groups is 1. The number of methoxy groups -OCH3 is 1. The predicted molar refractivity (Wildman–Crippen MR) is 117 cm³/mol. The van der Waals surface area contributed by atoms with Gasteiger partial charge in [0.15, 0.2) is 5.76 Å². The highest BCUT2D eigenvalue weighted by atomic mass is 16.5. The topological polar surface area (TPSA) is 80.0 Å². The number of hydrogen-bond donors (Lipinski definition) is 2. The number of benzene rings is 2. The van der Waals surface area contributed by atoms with E-state index in [1.165, 1.54) is 5.56 Å². The first-order valence-electron chi connectivity index (χ1n) is 10.4. The number of aromatic nitrogens is 1. The van der Waals surface area contributed by atoms with Gasteiger partial charge in [-0.15, -0.1) is 0 Å². The van der Waals surface area contributed by atoms with Crippen LogP contribution in [0.3, 0.4) is 0 Å². The largest absolute Gasteiger partial charge is 0.507 e. The smallest absolute Gasteiger partial charge is 0.150 e. The van der Waals surface area contributed by atoms with Crippen LogP contribution in [0.2, 0.25) is 0 Å². The van der Waals surface area contributed by atoms with E-state index in [9.17, 15) is 5.11 Å². The summed E-state index contributed by atoms with van der Waals surface area (Å²) in [6.07, 6.45) is 0.704. The normalized spacial score (nSPS) is 15.1. The molecular weight excluding hydrogens is 394 g/mol. The molecule has 2 N–H and O–H groups in total. The molecule has 4 rings (SSSR count). The first-order chi connectivity index (χ1) is 15.0. The van der Waals surface area contributed by atoms with Gasteiger partial charge in [-0.2, -0.15) is 0 Å². The van der Waals surface area contributed by atoms with Crippen molar-refractivity contribution in [1.82, 2.24) is 15.4 Å². The molecule has 1 aliphatic rings. The van der Waals surface area contributed by atoms with E-state index in [4.69, 9.17) is 14.0 Å². The van der Waals surface area contributed by atoms with Gasteiger partial charge in [-0.1, -0.05) is 41.6 Å². The summed E-state index contributed by atoms with van der Waals surface area (Å²) >= 11 is 0. The van der Waals surface area contributed by atoms with E-state index < -0.39 is 0 Å². The molecule has 164 valence electrons. The molecule has 1 aliphatic heterocycles. The molecule has 1 fully saturated rings. The Labute approximate surface area is 182 Å². The number of phenolic OH excluding ortho intramolecular Hbond substituents is 1. The van der Waals surface area contributed by atoms with Gasteiger partial charge in [-0.3, -0.25) is 4.90 Å². The van der Waals surface area contributed by atoms with Crippen molar-refractivity contribution < 1.29 is 19.1 Å². The summed E-state index contributed by atoms with van der Waals surface area (Å²) in [5, 5.41) is 18.0. The molecule has 0 bridgehead atoms. The third-order valence-corrected chi connectivity index (χ3v) is 5.55. The van der Waals surface area contributed by atoms with E-state index in [1.807, 2.05) is 24.3 Å². The van der Waals surface area contributed by atoms with Gasteiger partial charge in [-0.05, 0) is 18.7 Å². The molecule has 0 atom stereocenters. The van der Waals surface area contributed by atoms with Crippen LogP contribution in [0.4, 0.5) is 0 Å². The first-order valence-corrected chi connectivity index (χ1v) is 10.4. The van der Waals surface area contributed by atoms with Crippen molar-refractivity contribution in [3.8, 4) is 11.5 Å². The molecule has 0 radical (unpaired) electrons. The molecule has 0 aliphatic carbocycles. The van der Waals surface area contributed by atoms with Gasteiger partial charge in [0.1, 0.15) is 11.5 Å². The second-order valence-electron chi connectivity index (χ2n) is 8.24. The van der Waals surface area contributed by atoms with Crippen molar-refractivity contribution >= 4 is 0 Å². The van der Waals surface area contributed by atoms with Crippen LogP contribution in [0.25, 0.3) is 0 Å². The van der Waals surface area contributed by atoms with Crippen molar-refractivity contribution in [3.63, 3.8) is 0 Å². The molecule has 1 aromatic heterocycles. The van der Waals surface area contributed by atoms with E-state index >= 15 is 0 Å². The van der Waals surface area contributed by atoms with Crippen LogP contribution in [0.15, 0.2) is 59.1 Å². The van der Waals surface area contributed by atoms with Crippen molar-refractivity contribution in [1.29, 1.82) is 0 Å². The Morgan fingerprint density at radius 1 is 1.13 bits per heavy atom. The van der Waals surface area contributed by atoms with Crippen molar-refractivity contribution in [3.05, 3.63) is 77.2 Å². The average molecular weight is 424 g/mol. The summed E-state index contributed by atoms with van der Waals surface area (Å²) in [4.78, 5) is 2.20. The molecular formula is C24H29N3O4. The van der Waals surface area contributed by atoms with Crippen molar-refractivity contribution in [2.45, 2.75) is 31.6 Å². The van der Waals surface area contributed by atoms with Gasteiger partial charge < -0.3 is 24.4 Å². The number of ether oxygens (including phenoxy) is 2. The predicted octanol–water partition coefficient (Wildman–Crippen LogP) is 3.12. The van der Waals surface area contributed by atoms with Gasteiger partial charge >= 0.3 is 0 Å². The average Bonchev–Trinajstić information content (AvgIpc) is 3.17. The van der Waals surface area contributed by atoms with E-state index in [1.54, 1.807) is 13.2 Å². The molecule has 0 saturated carbocycles. The maximum absolute atomic E-state index is 10.2. The zero-order valence-electron chi connectivity index (χ0n) is 18.0. The molecule has 0 spiro atoms. The van der Waals surface area contributed by atoms with E-state index in [0.717, 1.165) is 23.6 Å². The zero-order chi connectivity index (χ0) is 21.7. The lowest BCUT2D eigenvalue weighted by molar-refractivity contribution is -0.0756. The molecule has 3 aromatic rings. The monoisotopic (exact) mass is 423 g/mol. The van der Waals surface area contributed by atoms with Crippen molar-refractivity contribution in [2.24, 2.45) is 0 Å². The highest BCUT2D eigenvalue weighted by molar-refractivity contribution is 5.39. The minimum atomic E-state index is -0.212. The number of hydrogen-bond acceptors (Lipinski definition) is 7. The molecule has 2 aromatic carbocycles. The lowest BCUT2D eigenvalue weighted by Crippen LogP contribution is -2.61. The van der Waals surface area contributed by atoms with Crippen LogP contribution >= 0.6 is 0 Å². The highest BCUT2D eigenvalue weighted by Gasteiger charge is 2.39. The third-order valence-electron chi connectivity index (χ3n) is 5.55. The third kappa shape index (κ3) is 5.44. The molecule has 0 unspecified atom stereocenters. The molecule has 7 nitrogen and oxygen atoms in total. The van der Waals surface area contributed by atoms with Crippen LogP contribution in [0, 0.1) is 0 Å². The fraction of sp³-hybridized carbons (Fsp3) is 0.375. The zero-order valence-corrected chi connectivity index (χ0v) is 18.0. The number of nitrogens with one attached hydrogen (secondary N) is 1. The molecule has 0 amide bonds. The fourth-order valence-corrected chi connectivity index (χ4v) is 3.80. The SMILES string of the molecule is COc1ccc(CNC2(Cc3cc(CN(C)Cc4ccccc4)on3)COC2)c(O)c1. The molecule has 7 heteroatoms. The quantitative estimate of drug-likeness (QED) is 0.519. The van der Waals surface area contributed by atoms with E-state index in [0.29, 0.717) is 38.5 Å². The van der Waals surface area contributed by atoms with Crippen LogP contribution < -0.4 is 10.1 Å². The van der Waals surface area contributed by atoms with Gasteiger partial charge in [0.2, 0.25) is 0 Å². The van der Waals surface area contributed by atoms with Crippen LogP contribution in [0.5, 0.6) is 11.5 Å². The summed E-state index contributed by atoms with van der Waals surface area (Å²) in [6, 6.07) is 17.7. The highest BCUT2D eigenvalue weighted by Crippen LogP contribution is 2.27. The Balaban J connectivity index is 1.33. The maximum Gasteiger partial charge on any atom is 0.150 e. The standard InChI is InChI=1S/C24H29N3O4/c1-27(14-18-6-4-3-5-7-18)15-22-10-20(26-31-22)12-24(16-30-17-24)25-13-19-8-9-21(29-2)11-23(19)28/h3-11,25,28H,12-17H2,1-2H3.